The molecule has 3 atom stereocenters. The second kappa shape index (κ2) is 10.4. The van der Waals surface area contributed by atoms with Crippen LogP contribution in [0.1, 0.15) is 56.1 Å². The number of anilines is 1. The number of nitrogens with one attached hydrogen (secondary N) is 1. The molecule has 5 rings (SSSR count). The van der Waals surface area contributed by atoms with E-state index in [1.54, 1.807) is 18.2 Å². The molecule has 0 aromatic heterocycles. The Kier molecular flexibility index (Phi) is 7.25. The number of benzene rings is 2. The number of carbonyl (C=O) groups is 1. The van der Waals surface area contributed by atoms with Crippen molar-refractivity contribution in [1.82, 2.24) is 9.80 Å². The van der Waals surface area contributed by atoms with Crippen LogP contribution >= 0.6 is 23.2 Å². The summed E-state index contributed by atoms with van der Waals surface area (Å²) in [5, 5.41) is 13.4. The van der Waals surface area contributed by atoms with E-state index in [0.29, 0.717) is 21.7 Å². The molecule has 2 aromatic rings. The average Bonchev–Trinajstić information content (AvgIpc) is 3.35. The lowest BCUT2D eigenvalue weighted by Gasteiger charge is -2.37. The van der Waals surface area contributed by atoms with E-state index < -0.39 is 0 Å². The molecule has 5 nitrogen and oxygen atoms in total. The fraction of sp³-hybridized carbons (Fsp3) is 0.500. The van der Waals surface area contributed by atoms with Crippen molar-refractivity contribution in [3.63, 3.8) is 0 Å². The number of likely N-dealkylation sites (tertiary alicyclic amines) is 1. The molecule has 1 aliphatic heterocycles. The lowest BCUT2D eigenvalue weighted by atomic mass is 9.80. The second-order valence-electron chi connectivity index (χ2n) is 10.4. The van der Waals surface area contributed by atoms with Crippen LogP contribution in [0.2, 0.25) is 10.0 Å². The van der Waals surface area contributed by atoms with E-state index in [1.165, 1.54) is 31.5 Å². The number of nitriles is 1. The van der Waals surface area contributed by atoms with Gasteiger partial charge in [0.25, 0.3) is 0 Å². The summed E-state index contributed by atoms with van der Waals surface area (Å²) in [6, 6.07) is 15.7. The first kappa shape index (κ1) is 24.4. The van der Waals surface area contributed by atoms with E-state index >= 15 is 0 Å². The van der Waals surface area contributed by atoms with Gasteiger partial charge in [-0.25, -0.2) is 4.79 Å². The SMILES string of the molecule is N#Cc1cccc([C@]23CC[C@@H](N(CCCN4CCCC4)C(=O)Nc4cc(Cl)cc(Cl)c4)CC2C3)c1. The van der Waals surface area contributed by atoms with Crippen LogP contribution in [0.5, 0.6) is 0 Å². The van der Waals surface area contributed by atoms with Gasteiger partial charge in [0.2, 0.25) is 0 Å². The molecule has 1 N–H and O–H groups in total. The first-order valence-electron chi connectivity index (χ1n) is 12.7. The summed E-state index contributed by atoms with van der Waals surface area (Å²) in [5.41, 5.74) is 2.83. The first-order chi connectivity index (χ1) is 17.0. The lowest BCUT2D eigenvalue weighted by Crippen LogP contribution is -2.46. The smallest absolute Gasteiger partial charge is 0.321 e. The van der Waals surface area contributed by atoms with Gasteiger partial charge in [-0.15, -0.1) is 0 Å². The van der Waals surface area contributed by atoms with E-state index in [9.17, 15) is 10.1 Å². The summed E-state index contributed by atoms with van der Waals surface area (Å²) < 4.78 is 0. The Hall–Kier alpha value is -2.26. The number of hydrogen-bond acceptors (Lipinski definition) is 3. The van der Waals surface area contributed by atoms with Crippen molar-refractivity contribution in [2.24, 2.45) is 5.92 Å². The highest BCUT2D eigenvalue weighted by Crippen LogP contribution is 2.62. The third-order valence-electron chi connectivity index (χ3n) is 8.17. The molecule has 1 unspecified atom stereocenters. The van der Waals surface area contributed by atoms with Gasteiger partial charge in [0.15, 0.2) is 0 Å². The Morgan fingerprint density at radius 3 is 2.66 bits per heavy atom. The monoisotopic (exact) mass is 510 g/mol. The van der Waals surface area contributed by atoms with E-state index in [1.807, 2.05) is 12.1 Å². The summed E-state index contributed by atoms with van der Waals surface area (Å²) >= 11 is 12.3. The molecule has 2 aromatic carbocycles. The predicted octanol–water partition coefficient (Wildman–Crippen LogP) is 6.70. The summed E-state index contributed by atoms with van der Waals surface area (Å²) in [6.07, 6.45) is 7.70. The van der Waals surface area contributed by atoms with Crippen molar-refractivity contribution >= 4 is 34.9 Å². The molecule has 2 saturated carbocycles. The highest BCUT2D eigenvalue weighted by Gasteiger charge is 2.58. The van der Waals surface area contributed by atoms with Gasteiger partial charge in [0.05, 0.1) is 11.6 Å². The molecule has 1 saturated heterocycles. The zero-order valence-electron chi connectivity index (χ0n) is 20.0. The van der Waals surface area contributed by atoms with Gasteiger partial charge in [-0.05, 0) is 112 Å². The number of hydrogen-bond donors (Lipinski definition) is 1. The summed E-state index contributed by atoms with van der Waals surface area (Å²) in [4.78, 5) is 18.1. The summed E-state index contributed by atoms with van der Waals surface area (Å²) in [7, 11) is 0. The minimum Gasteiger partial charge on any atom is -0.321 e. The maximum Gasteiger partial charge on any atom is 0.322 e. The largest absolute Gasteiger partial charge is 0.322 e. The van der Waals surface area contributed by atoms with Crippen molar-refractivity contribution < 1.29 is 4.79 Å². The van der Waals surface area contributed by atoms with E-state index in [4.69, 9.17) is 23.2 Å². The van der Waals surface area contributed by atoms with E-state index in [-0.39, 0.29) is 17.5 Å². The Bertz CT molecular complexity index is 1110. The lowest BCUT2D eigenvalue weighted by molar-refractivity contribution is 0.156. The van der Waals surface area contributed by atoms with Gasteiger partial charge in [0.1, 0.15) is 0 Å². The molecule has 2 amide bonds. The number of amides is 2. The fourth-order valence-corrected chi connectivity index (χ4v) is 6.81. The van der Waals surface area contributed by atoms with Crippen LogP contribution in [-0.4, -0.2) is 48.1 Å². The van der Waals surface area contributed by atoms with E-state index in [2.05, 4.69) is 33.3 Å². The summed E-state index contributed by atoms with van der Waals surface area (Å²) in [6.45, 7) is 4.12. The van der Waals surface area contributed by atoms with Crippen LogP contribution in [0.25, 0.3) is 0 Å². The van der Waals surface area contributed by atoms with E-state index in [0.717, 1.165) is 50.8 Å². The molecule has 35 heavy (non-hydrogen) atoms. The van der Waals surface area contributed by atoms with Crippen LogP contribution < -0.4 is 5.32 Å². The predicted molar refractivity (Wildman–Crippen MR) is 141 cm³/mol. The molecule has 3 aliphatic rings. The average molecular weight is 511 g/mol. The molecule has 184 valence electrons. The molecule has 0 spiro atoms. The quantitative estimate of drug-likeness (QED) is 0.450. The maximum atomic E-state index is 13.5. The van der Waals surface area contributed by atoms with Crippen molar-refractivity contribution in [2.45, 2.75) is 56.4 Å². The van der Waals surface area contributed by atoms with Crippen molar-refractivity contribution in [1.29, 1.82) is 5.26 Å². The highest BCUT2D eigenvalue weighted by molar-refractivity contribution is 6.35. The summed E-state index contributed by atoms with van der Waals surface area (Å²) in [5.74, 6) is 0.560. The zero-order chi connectivity index (χ0) is 24.4. The number of urea groups is 1. The molecule has 2 aliphatic carbocycles. The van der Waals surface area contributed by atoms with Crippen LogP contribution in [0, 0.1) is 17.2 Å². The normalized spacial score (nSPS) is 25.5. The molecule has 3 fully saturated rings. The third-order valence-corrected chi connectivity index (χ3v) is 8.60. The minimum atomic E-state index is -0.0746. The Morgan fingerprint density at radius 1 is 1.17 bits per heavy atom. The number of rotatable bonds is 7. The second-order valence-corrected chi connectivity index (χ2v) is 11.2. The number of carbonyl (C=O) groups excluding carboxylic acids is 1. The van der Waals surface area contributed by atoms with Gasteiger partial charge >= 0.3 is 6.03 Å². The maximum absolute atomic E-state index is 13.5. The van der Waals surface area contributed by atoms with Gasteiger partial charge in [-0.3, -0.25) is 0 Å². The number of nitrogens with zero attached hydrogens (tertiary/aromatic N) is 3. The van der Waals surface area contributed by atoms with Gasteiger partial charge in [0, 0.05) is 28.3 Å². The van der Waals surface area contributed by atoms with Crippen molar-refractivity contribution in [3.05, 3.63) is 63.6 Å². The molecule has 1 heterocycles. The zero-order valence-corrected chi connectivity index (χ0v) is 21.5. The van der Waals surface area contributed by atoms with Crippen LogP contribution in [0.15, 0.2) is 42.5 Å². The fourth-order valence-electron chi connectivity index (χ4n) is 6.29. The third kappa shape index (κ3) is 5.45. The molecule has 0 bridgehead atoms. The number of fused-ring (bicyclic) bond motifs is 1. The Labute approximate surface area is 218 Å². The topological polar surface area (TPSA) is 59.4 Å². The van der Waals surface area contributed by atoms with Crippen LogP contribution in [-0.2, 0) is 5.41 Å². The Morgan fingerprint density at radius 2 is 1.94 bits per heavy atom. The minimum absolute atomic E-state index is 0.0746. The van der Waals surface area contributed by atoms with Gasteiger partial charge in [-0.2, -0.15) is 5.26 Å². The van der Waals surface area contributed by atoms with Crippen molar-refractivity contribution in [3.8, 4) is 6.07 Å². The van der Waals surface area contributed by atoms with Gasteiger partial charge in [-0.1, -0.05) is 35.3 Å². The molecule has 7 heteroatoms. The van der Waals surface area contributed by atoms with Crippen LogP contribution in [0.3, 0.4) is 0 Å². The number of halogens is 2. The molecule has 0 radical (unpaired) electrons. The Balaban J connectivity index is 1.28. The molecular weight excluding hydrogens is 479 g/mol. The highest BCUT2D eigenvalue weighted by atomic mass is 35.5. The first-order valence-corrected chi connectivity index (χ1v) is 13.5. The molecular formula is C28H32Cl2N4O. The van der Waals surface area contributed by atoms with Crippen LogP contribution in [0.4, 0.5) is 10.5 Å². The van der Waals surface area contributed by atoms with Gasteiger partial charge < -0.3 is 15.1 Å². The standard InChI is InChI=1S/C28H32Cl2N4O/c29-23-15-24(30)17-25(16-23)32-27(35)34(12-4-11-33-9-1-2-10-33)26-7-8-28(18-22(28)14-26)21-6-3-5-20(13-21)19-31/h3,5-6,13,15-17,22,26H,1-2,4,7-12,14,18H2,(H,32,35)/t22?,26-,28-/m1/s1. The van der Waals surface area contributed by atoms with Crippen molar-refractivity contribution in [2.75, 3.05) is 31.5 Å².